The molecule has 0 atom stereocenters. The summed E-state index contributed by atoms with van der Waals surface area (Å²) < 4.78 is 60.7. The molecule has 2 aromatic carbocycles. The van der Waals surface area contributed by atoms with Crippen LogP contribution in [0.2, 0.25) is 0 Å². The number of carboxylic acid groups (broad SMARTS) is 1. The van der Waals surface area contributed by atoms with Crippen molar-refractivity contribution in [3.8, 4) is 0 Å². The van der Waals surface area contributed by atoms with E-state index in [0.717, 1.165) is 0 Å². The minimum absolute atomic E-state index is 0.0416. The Kier molecular flexibility index (Phi) is 30.7. The standard InChI is InChI=1S/C62H90N14O17/c1-8-75-52(38-43(3)68-75)59(83)66-61-71(6)50-40-45(57(63)81)10-12-48(50)73(61)19-14-47(15-20-74-49-13-11-46(58(64)82)41-51(49)72(7)62(74)67-60(84)53-39-44(4)69-76(53)9-2)93-42-54(77)65-18-24-87-28-32-91-36-34-89-30-26-85-22-16-55(78)70(5)21-25-88-29-33-92-37-35-90-31-27-86-23-17-56(79)80/h10-13,38-41,47H,8-9,14-37,42H2,1-7H3,(H2,63,81)(H2,64,82)(H,65,77)(H,79,80)/b66-61+,67-62+. The third-order valence-electron chi connectivity index (χ3n) is 14.7. The predicted octanol–water partition coefficient (Wildman–Crippen LogP) is 1.44. The number of fused-ring (bicyclic) bond motifs is 2. The maximum absolute atomic E-state index is 14.0. The van der Waals surface area contributed by atoms with Crippen molar-refractivity contribution < 1.29 is 81.3 Å². The number of carboxylic acids is 1. The Hall–Kier alpha value is -8.27. The number of primary amides is 2. The van der Waals surface area contributed by atoms with Crippen molar-refractivity contribution in [2.24, 2.45) is 35.5 Å². The van der Waals surface area contributed by atoms with Gasteiger partial charge in [-0.1, -0.05) is 0 Å². The zero-order chi connectivity index (χ0) is 67.2. The summed E-state index contributed by atoms with van der Waals surface area (Å²) in [6, 6.07) is 13.3. The van der Waals surface area contributed by atoms with Gasteiger partial charge in [0, 0.05) is 71.5 Å². The summed E-state index contributed by atoms with van der Waals surface area (Å²) >= 11 is 0. The van der Waals surface area contributed by atoms with Gasteiger partial charge in [-0.25, -0.2) is 0 Å². The number of nitrogens with one attached hydrogen (secondary N) is 1. The summed E-state index contributed by atoms with van der Waals surface area (Å²) in [7, 11) is 5.18. The molecule has 31 nitrogen and oxygen atoms in total. The number of nitrogens with two attached hydrogens (primary N) is 2. The average molecular weight is 1300 g/mol. The van der Waals surface area contributed by atoms with Crippen molar-refractivity contribution in [1.82, 2.24) is 48.0 Å². The summed E-state index contributed by atoms with van der Waals surface area (Å²) in [6.45, 7) is 13.9. The third kappa shape index (κ3) is 23.1. The van der Waals surface area contributed by atoms with E-state index in [1.54, 1.807) is 107 Å². The Balaban J connectivity index is 0.973. The molecule has 0 saturated heterocycles. The van der Waals surface area contributed by atoms with Gasteiger partial charge in [-0.3, -0.25) is 42.9 Å². The number of aliphatic carboxylic acids is 1. The van der Waals surface area contributed by atoms with Crippen molar-refractivity contribution in [3.63, 3.8) is 0 Å². The highest BCUT2D eigenvalue weighted by atomic mass is 16.6. The van der Waals surface area contributed by atoms with E-state index in [0.29, 0.717) is 144 Å². The first-order valence-corrected chi connectivity index (χ1v) is 31.0. The minimum Gasteiger partial charge on any atom is -0.481 e. The van der Waals surface area contributed by atoms with Crippen molar-refractivity contribution in [1.29, 1.82) is 0 Å². The molecule has 0 aliphatic heterocycles. The Morgan fingerprint density at radius 2 is 0.957 bits per heavy atom. The number of carbonyl (C=O) groups is 7. The lowest BCUT2D eigenvalue weighted by molar-refractivity contribution is -0.138. The number of ether oxygens (including phenoxy) is 9. The van der Waals surface area contributed by atoms with Gasteiger partial charge in [0.2, 0.25) is 34.9 Å². The van der Waals surface area contributed by atoms with Crippen LogP contribution in [-0.4, -0.2) is 228 Å². The molecule has 0 radical (unpaired) electrons. The number of hydrogen-bond donors (Lipinski definition) is 4. The summed E-state index contributed by atoms with van der Waals surface area (Å²) in [4.78, 5) is 99.9. The van der Waals surface area contributed by atoms with Crippen LogP contribution in [0.3, 0.4) is 0 Å². The second kappa shape index (κ2) is 38.7. The highest BCUT2D eigenvalue weighted by Gasteiger charge is 2.22. The fourth-order valence-corrected chi connectivity index (χ4v) is 9.79. The Labute approximate surface area is 538 Å². The van der Waals surface area contributed by atoms with E-state index in [9.17, 15) is 33.6 Å². The average Bonchev–Trinajstić information content (AvgIpc) is 1.65. The molecule has 0 bridgehead atoms. The van der Waals surface area contributed by atoms with Crippen LogP contribution in [-0.2, 0) is 97.3 Å². The number of carbonyl (C=O) groups excluding carboxylic acids is 6. The van der Waals surface area contributed by atoms with Gasteiger partial charge in [-0.2, -0.15) is 20.2 Å². The lowest BCUT2D eigenvalue weighted by Crippen LogP contribution is -2.34. The maximum Gasteiger partial charge on any atom is 0.305 e. The largest absolute Gasteiger partial charge is 0.481 e. The molecule has 0 aliphatic rings. The van der Waals surface area contributed by atoms with Crippen molar-refractivity contribution in [2.45, 2.75) is 85.7 Å². The van der Waals surface area contributed by atoms with Crippen molar-refractivity contribution in [2.75, 3.05) is 132 Å². The van der Waals surface area contributed by atoms with Crippen LogP contribution in [0.25, 0.3) is 22.1 Å². The van der Waals surface area contributed by atoms with E-state index >= 15 is 0 Å². The van der Waals surface area contributed by atoms with Gasteiger partial charge >= 0.3 is 5.97 Å². The first-order valence-electron chi connectivity index (χ1n) is 31.0. The maximum atomic E-state index is 14.0. The van der Waals surface area contributed by atoms with Gasteiger partial charge in [-0.05, 0) is 89.1 Å². The minimum atomic E-state index is -0.906. The highest BCUT2D eigenvalue weighted by Crippen LogP contribution is 2.20. The third-order valence-corrected chi connectivity index (χ3v) is 14.7. The van der Waals surface area contributed by atoms with Crippen LogP contribution < -0.4 is 28.0 Å². The summed E-state index contributed by atoms with van der Waals surface area (Å²) in [5.74, 6) is -3.70. The highest BCUT2D eigenvalue weighted by molar-refractivity contribution is 5.98. The fraction of sp³-hybridized carbons (Fsp3) is 0.565. The predicted molar refractivity (Wildman–Crippen MR) is 337 cm³/mol. The molecule has 0 spiro atoms. The van der Waals surface area contributed by atoms with Crippen molar-refractivity contribution in [3.05, 3.63) is 93.7 Å². The van der Waals surface area contributed by atoms with Gasteiger partial charge < -0.3 is 87.7 Å². The lowest BCUT2D eigenvalue weighted by Gasteiger charge is -2.19. The molecule has 6 aromatic rings. The number of benzene rings is 2. The topological polar surface area (TPSA) is 370 Å². The number of hydrogen-bond acceptors (Lipinski definition) is 18. The van der Waals surface area contributed by atoms with E-state index in [4.69, 9.17) is 59.2 Å². The van der Waals surface area contributed by atoms with Crippen LogP contribution >= 0.6 is 0 Å². The summed E-state index contributed by atoms with van der Waals surface area (Å²) in [5.41, 5.74) is 16.8. The smallest absolute Gasteiger partial charge is 0.305 e. The van der Waals surface area contributed by atoms with Crippen molar-refractivity contribution >= 4 is 63.5 Å². The zero-order valence-electron chi connectivity index (χ0n) is 54.3. The molecule has 4 heterocycles. The van der Waals surface area contributed by atoms with Crippen LogP contribution in [0.4, 0.5) is 0 Å². The van der Waals surface area contributed by atoms with Crippen LogP contribution in [0.15, 0.2) is 58.5 Å². The summed E-state index contributed by atoms with van der Waals surface area (Å²) in [5, 5.41) is 20.3. The van der Waals surface area contributed by atoms with E-state index in [1.165, 1.54) is 0 Å². The fourth-order valence-electron chi connectivity index (χ4n) is 9.79. The Morgan fingerprint density at radius 3 is 1.37 bits per heavy atom. The molecular formula is C62H90N14O17. The number of likely N-dealkylation sites (N-methyl/N-ethyl adjacent to an activating group) is 1. The van der Waals surface area contributed by atoms with E-state index in [2.05, 4.69) is 25.5 Å². The molecule has 31 heteroatoms. The molecule has 510 valence electrons. The van der Waals surface area contributed by atoms with Gasteiger partial charge in [0.25, 0.3) is 11.8 Å². The first kappa shape index (κ1) is 73.8. The number of amides is 6. The number of aromatic nitrogens is 8. The first-order chi connectivity index (χ1) is 44.8. The number of imidazole rings is 2. The lowest BCUT2D eigenvalue weighted by atomic mass is 10.1. The molecule has 0 aliphatic carbocycles. The zero-order valence-corrected chi connectivity index (χ0v) is 54.3. The van der Waals surface area contributed by atoms with E-state index < -0.39 is 41.6 Å². The molecular weight excluding hydrogens is 1210 g/mol. The Bertz CT molecular complexity index is 3420. The Morgan fingerprint density at radius 1 is 0.559 bits per heavy atom. The second-order valence-corrected chi connectivity index (χ2v) is 21.4. The quantitative estimate of drug-likeness (QED) is 0.0393. The summed E-state index contributed by atoms with van der Waals surface area (Å²) in [6.07, 6.45) is 0.0662. The molecule has 0 unspecified atom stereocenters. The monoisotopic (exact) mass is 1300 g/mol. The van der Waals surface area contributed by atoms with Gasteiger partial charge in [0.1, 0.15) is 18.0 Å². The van der Waals surface area contributed by atoms with Crippen LogP contribution in [0.5, 0.6) is 0 Å². The molecule has 4 aromatic heterocycles. The molecule has 6 amide bonds. The van der Waals surface area contributed by atoms with Gasteiger partial charge in [-0.15, -0.1) is 0 Å². The SMILES string of the molecule is CCn1nc(C)cc1C(=O)/N=c1\n(C)c2cc(C(N)=O)ccc2n1CCC(CCn1/c(=N/C(=O)c2cc(C)nn2CC)n(C)c2cc(C(N)=O)ccc21)OCC(=O)NCCOCCOCCOCCOCCC(=O)N(C)CCOCCOCCOCCOCCC(=O)O. The second-order valence-electron chi connectivity index (χ2n) is 21.4. The van der Waals surface area contributed by atoms with Crippen LogP contribution in [0.1, 0.15) is 92.6 Å². The molecule has 6 N–H and O–H groups in total. The number of nitrogens with zero attached hydrogens (tertiary/aromatic N) is 11. The number of aryl methyl sites for hydroxylation is 8. The number of rotatable bonds is 45. The molecule has 0 fully saturated rings. The van der Waals surface area contributed by atoms with Gasteiger partial charge in [0.15, 0.2) is 0 Å². The van der Waals surface area contributed by atoms with E-state index in [-0.39, 0.29) is 107 Å². The molecule has 0 saturated carbocycles. The van der Waals surface area contributed by atoms with Gasteiger partial charge in [0.05, 0.1) is 158 Å². The normalized spacial score (nSPS) is 12.4. The van der Waals surface area contributed by atoms with E-state index in [1.807, 2.05) is 23.0 Å². The molecule has 93 heavy (non-hydrogen) atoms. The molecule has 6 rings (SSSR count). The van der Waals surface area contributed by atoms with Crippen LogP contribution in [0, 0.1) is 13.8 Å².